The normalized spacial score (nSPS) is 25.6. The highest BCUT2D eigenvalue weighted by molar-refractivity contribution is 5.93. The summed E-state index contributed by atoms with van der Waals surface area (Å²) in [6, 6.07) is 6.02. The van der Waals surface area contributed by atoms with Gasteiger partial charge in [-0.2, -0.15) is 13.2 Å². The van der Waals surface area contributed by atoms with Crippen molar-refractivity contribution in [2.45, 2.75) is 140 Å². The minimum Gasteiger partial charge on any atom is -0.358 e. The van der Waals surface area contributed by atoms with Crippen LogP contribution in [0.1, 0.15) is 114 Å². The molecule has 2 aliphatic carbocycles. The van der Waals surface area contributed by atoms with Gasteiger partial charge in [-0.05, 0) is 146 Å². The van der Waals surface area contributed by atoms with Crippen LogP contribution < -0.4 is 21.3 Å². The molecule has 19 heteroatoms. The van der Waals surface area contributed by atoms with Gasteiger partial charge in [0.25, 0.3) is 0 Å². The molecule has 2 saturated carbocycles. The van der Waals surface area contributed by atoms with Gasteiger partial charge in [-0.3, -0.25) is 29.0 Å². The topological polar surface area (TPSA) is 185 Å². The summed E-state index contributed by atoms with van der Waals surface area (Å²) in [6.45, 7) is 8.10. The second-order valence-corrected chi connectivity index (χ2v) is 20.8. The maximum absolute atomic E-state index is 14.1. The summed E-state index contributed by atoms with van der Waals surface area (Å²) < 4.78 is 40.8. The molecular weight excluding hydrogens is 904 g/mol. The van der Waals surface area contributed by atoms with Crippen LogP contribution in [0.2, 0.25) is 0 Å². The number of halogens is 3. The molecule has 5 aliphatic rings. The van der Waals surface area contributed by atoms with Crippen LogP contribution >= 0.6 is 0 Å². The monoisotopic (exact) mass is 974 g/mol. The molecule has 380 valence electrons. The number of likely N-dealkylation sites (tertiary alicyclic amines) is 3. The van der Waals surface area contributed by atoms with Crippen molar-refractivity contribution in [3.8, 4) is 0 Å². The maximum atomic E-state index is 14.1. The predicted molar refractivity (Wildman–Crippen MR) is 258 cm³/mol. The quantitative estimate of drug-likeness (QED) is 0.137. The summed E-state index contributed by atoms with van der Waals surface area (Å²) in [6.07, 6.45) is 9.86. The van der Waals surface area contributed by atoms with Crippen LogP contribution in [0.4, 0.5) is 19.0 Å². The zero-order chi connectivity index (χ0) is 49.7. The van der Waals surface area contributed by atoms with Gasteiger partial charge >= 0.3 is 6.18 Å². The predicted octanol–water partition coefficient (Wildman–Crippen LogP) is 5.31. The molecule has 5 amide bonds. The van der Waals surface area contributed by atoms with Crippen LogP contribution in [-0.4, -0.2) is 148 Å². The van der Waals surface area contributed by atoms with Gasteiger partial charge in [0.2, 0.25) is 29.5 Å². The molecule has 3 saturated heterocycles. The number of pyridine rings is 1. The molecule has 2 aromatic heterocycles. The molecule has 70 heavy (non-hydrogen) atoms. The van der Waals surface area contributed by atoms with Gasteiger partial charge in [0.15, 0.2) is 0 Å². The third-order valence-corrected chi connectivity index (χ3v) is 16.3. The van der Waals surface area contributed by atoms with E-state index in [0.29, 0.717) is 50.3 Å². The van der Waals surface area contributed by atoms with Crippen molar-refractivity contribution < 1.29 is 37.1 Å². The minimum absolute atomic E-state index is 0.0279. The Balaban J connectivity index is 0.761. The van der Waals surface area contributed by atoms with Gasteiger partial charge in [0, 0.05) is 75.3 Å². The van der Waals surface area contributed by atoms with Gasteiger partial charge in [0.1, 0.15) is 18.2 Å². The molecule has 8 rings (SSSR count). The molecule has 16 nitrogen and oxygen atoms in total. The Morgan fingerprint density at radius 1 is 0.929 bits per heavy atom. The number of carbonyl (C=O) groups excluding carboxylic acids is 5. The number of piperidine rings is 1. The molecule has 1 aromatic carbocycles. The number of anilines is 1. The lowest BCUT2D eigenvalue weighted by Gasteiger charge is -2.46. The van der Waals surface area contributed by atoms with E-state index in [-0.39, 0.29) is 89.2 Å². The zero-order valence-corrected chi connectivity index (χ0v) is 41.0. The smallest absolute Gasteiger partial charge is 0.358 e. The van der Waals surface area contributed by atoms with Crippen molar-refractivity contribution in [1.29, 1.82) is 0 Å². The number of fused-ring (bicyclic) bond motifs is 1. The summed E-state index contributed by atoms with van der Waals surface area (Å²) in [5.74, 6) is -0.835. The van der Waals surface area contributed by atoms with E-state index in [1.807, 2.05) is 11.0 Å². The van der Waals surface area contributed by atoms with E-state index in [9.17, 15) is 37.1 Å². The Kier molecular flexibility index (Phi) is 15.9. The average Bonchev–Trinajstić information content (AvgIpc) is 3.86. The first kappa shape index (κ1) is 50.9. The number of alkyl halides is 3. The van der Waals surface area contributed by atoms with Gasteiger partial charge in [-0.1, -0.05) is 6.07 Å². The Morgan fingerprint density at radius 2 is 1.67 bits per heavy atom. The second kappa shape index (κ2) is 21.9. The number of amides is 5. The fourth-order valence-corrected chi connectivity index (χ4v) is 11.9. The van der Waals surface area contributed by atoms with Crippen molar-refractivity contribution >= 4 is 46.3 Å². The van der Waals surface area contributed by atoms with Gasteiger partial charge in [0.05, 0.1) is 35.1 Å². The third-order valence-electron chi connectivity index (χ3n) is 16.3. The Bertz CT molecular complexity index is 2340. The van der Waals surface area contributed by atoms with E-state index in [1.165, 1.54) is 12.4 Å². The lowest BCUT2D eigenvalue weighted by molar-refractivity contribution is -0.137. The number of carbonyl (C=O) groups is 5. The van der Waals surface area contributed by atoms with Gasteiger partial charge in [-0.25, -0.2) is 9.97 Å². The molecule has 0 unspecified atom stereocenters. The second-order valence-electron chi connectivity index (χ2n) is 20.8. The van der Waals surface area contributed by atoms with Crippen molar-refractivity contribution in [3.05, 3.63) is 60.2 Å². The Labute approximate surface area is 408 Å². The van der Waals surface area contributed by atoms with E-state index >= 15 is 0 Å². The molecule has 3 aliphatic heterocycles. The summed E-state index contributed by atoms with van der Waals surface area (Å²) in [5.41, 5.74) is 0.579. The molecular formula is C51H70F3N11O5. The Morgan fingerprint density at radius 3 is 2.37 bits per heavy atom. The van der Waals surface area contributed by atoms with E-state index in [1.54, 1.807) is 30.4 Å². The molecule has 1 spiro atoms. The SMILES string of the molecule is CC(C)N(C)[C@@H]1CC[C@H](N2CC[C@H](Nc3ncnc4ccc(C(F)(F)F)cc34)C2=O)[C@H](NC(=O)CCCN2CCC3(CCC(C(=O)NCCNC(=O)[C@H]4CC(=O)N(C)[C@@H]4c4cccnc4)CC3)CC2)C1. The zero-order valence-electron chi connectivity index (χ0n) is 41.0. The maximum Gasteiger partial charge on any atom is 0.416 e. The van der Waals surface area contributed by atoms with Crippen LogP contribution in [0.5, 0.6) is 0 Å². The largest absolute Gasteiger partial charge is 0.416 e. The third kappa shape index (κ3) is 11.7. The fraction of sp³-hybridized carbons (Fsp3) is 0.647. The number of benzene rings is 1. The molecule has 0 radical (unpaired) electrons. The number of nitrogens with one attached hydrogen (secondary N) is 4. The fourth-order valence-electron chi connectivity index (χ4n) is 11.9. The highest BCUT2D eigenvalue weighted by atomic mass is 19.4. The summed E-state index contributed by atoms with van der Waals surface area (Å²) in [4.78, 5) is 87.4. The number of hydrogen-bond donors (Lipinski definition) is 4. The number of aromatic nitrogens is 3. The van der Waals surface area contributed by atoms with E-state index in [0.717, 1.165) is 88.7 Å². The Hall–Kier alpha value is -5.43. The first-order chi connectivity index (χ1) is 33.5. The highest BCUT2D eigenvalue weighted by Gasteiger charge is 2.45. The van der Waals surface area contributed by atoms with Crippen LogP contribution in [0.3, 0.4) is 0 Å². The van der Waals surface area contributed by atoms with E-state index in [2.05, 4.69) is 66.9 Å². The first-order valence-corrected chi connectivity index (χ1v) is 25.3. The first-order valence-electron chi connectivity index (χ1n) is 25.3. The van der Waals surface area contributed by atoms with Crippen LogP contribution in [0, 0.1) is 17.3 Å². The van der Waals surface area contributed by atoms with Crippen molar-refractivity contribution in [3.63, 3.8) is 0 Å². The lowest BCUT2D eigenvalue weighted by atomic mass is 9.65. The lowest BCUT2D eigenvalue weighted by Crippen LogP contribution is -2.58. The van der Waals surface area contributed by atoms with Crippen molar-refractivity contribution in [2.24, 2.45) is 17.3 Å². The van der Waals surface area contributed by atoms with E-state index in [4.69, 9.17) is 0 Å². The molecule has 6 atom stereocenters. The summed E-state index contributed by atoms with van der Waals surface area (Å²) in [7, 11) is 3.81. The standard InChI is InChI=1S/C51H70F3N11O5/c1-32(2)62(3)36-10-12-42(65-24-15-40(49(65)70)61-46-37-27-35(51(52,53)54)9-11-39(37)58-31-59-46)41(28-36)60-43(66)8-6-23-64-25-18-50(19-26-64)16-13-33(14-17-50)47(68)56-21-22-57-48(69)38-29-44(67)63(4)45(38)34-7-5-20-55-30-34/h5,7,9,11,20,27,30-33,36,38,40-42,45H,6,8,10,12-19,21-26,28-29H2,1-4H3,(H,56,68)(H,57,69)(H,60,66)(H,58,59,61)/t36-,38+,40+,41-,42+,45-/m1/s1. The number of nitrogens with zero attached hydrogens (tertiary/aromatic N) is 7. The van der Waals surface area contributed by atoms with Crippen molar-refractivity contribution in [2.75, 3.05) is 58.7 Å². The van der Waals surface area contributed by atoms with Crippen LogP contribution in [-0.2, 0) is 30.1 Å². The molecule has 0 bridgehead atoms. The highest BCUT2D eigenvalue weighted by Crippen LogP contribution is 2.46. The summed E-state index contributed by atoms with van der Waals surface area (Å²) in [5, 5.41) is 12.6. The minimum atomic E-state index is -4.54. The van der Waals surface area contributed by atoms with Gasteiger partial charge in [-0.15, -0.1) is 0 Å². The summed E-state index contributed by atoms with van der Waals surface area (Å²) >= 11 is 0. The average molecular weight is 974 g/mol. The molecule has 5 fully saturated rings. The van der Waals surface area contributed by atoms with Crippen LogP contribution in [0.15, 0.2) is 49.1 Å². The number of hydrogen-bond acceptors (Lipinski definition) is 11. The molecule has 4 N–H and O–H groups in total. The van der Waals surface area contributed by atoms with Gasteiger partial charge < -0.3 is 40.9 Å². The van der Waals surface area contributed by atoms with Crippen molar-refractivity contribution in [1.82, 2.24) is 50.5 Å². The number of rotatable bonds is 16. The van der Waals surface area contributed by atoms with E-state index < -0.39 is 23.7 Å². The molecule has 3 aromatic rings. The molecule has 5 heterocycles. The van der Waals surface area contributed by atoms with Crippen LogP contribution in [0.25, 0.3) is 10.9 Å².